The first-order valence-electron chi connectivity index (χ1n) is 9.14. The van der Waals surface area contributed by atoms with Crippen molar-refractivity contribution < 1.29 is 14.3 Å². The maximum Gasteiger partial charge on any atom is 0.356 e. The van der Waals surface area contributed by atoms with Gasteiger partial charge < -0.3 is 20.9 Å². The minimum atomic E-state index is -0.639. The van der Waals surface area contributed by atoms with Crippen molar-refractivity contribution >= 4 is 34.5 Å². The van der Waals surface area contributed by atoms with E-state index in [2.05, 4.69) is 20.2 Å². The van der Waals surface area contributed by atoms with E-state index in [1.807, 2.05) is 11.0 Å². The lowest BCUT2D eigenvalue weighted by molar-refractivity contribution is 0.0596. The third-order valence-electron chi connectivity index (χ3n) is 5.35. The topological polar surface area (TPSA) is 144 Å². The number of esters is 1. The first kappa shape index (κ1) is 18.1. The van der Waals surface area contributed by atoms with E-state index in [4.69, 9.17) is 20.9 Å². The van der Waals surface area contributed by atoms with Gasteiger partial charge in [0.1, 0.15) is 16.9 Å². The molecule has 0 unspecified atom stereocenters. The number of guanidine groups is 2. The van der Waals surface area contributed by atoms with Crippen LogP contribution in [0.3, 0.4) is 0 Å². The Hall–Kier alpha value is -3.30. The molecule has 10 heteroatoms. The van der Waals surface area contributed by atoms with E-state index < -0.39 is 11.6 Å². The van der Waals surface area contributed by atoms with Crippen molar-refractivity contribution in [3.05, 3.63) is 17.8 Å². The predicted molar refractivity (Wildman–Crippen MR) is 106 cm³/mol. The van der Waals surface area contributed by atoms with Crippen LogP contribution >= 0.6 is 0 Å². The van der Waals surface area contributed by atoms with Crippen molar-refractivity contribution in [1.29, 1.82) is 0 Å². The van der Waals surface area contributed by atoms with Gasteiger partial charge in [0, 0.05) is 0 Å². The molecule has 2 heterocycles. The lowest BCUT2D eigenvalue weighted by Gasteiger charge is -2.45. The summed E-state index contributed by atoms with van der Waals surface area (Å²) in [5, 5.41) is 7.58. The van der Waals surface area contributed by atoms with Crippen molar-refractivity contribution in [3.8, 4) is 5.75 Å². The molecule has 0 amide bonds. The standard InChI is InChI=1S/C18H23N7O3/c1-27-11-7-6-10(12-13(11)23-24-14(12)15(26)28-2)25-17(20)21-16(19)22-18(25)8-4-3-5-9-18/h6-7H,3-5,8-9H2,1-2H3,(H,23,24)(H4,19,20,21,22). The Bertz CT molecular complexity index is 988. The SMILES string of the molecule is COC(=O)c1[nH]nc2c(OC)ccc(N3C(N)=NC(N)=NC34CCCCC4)c12. The van der Waals surface area contributed by atoms with Crippen LogP contribution < -0.4 is 21.1 Å². The monoisotopic (exact) mass is 385 g/mol. The molecular formula is C18H23N7O3. The maximum atomic E-state index is 12.4. The Morgan fingerprint density at radius 3 is 2.64 bits per heavy atom. The molecule has 2 aromatic rings. The quantitative estimate of drug-likeness (QED) is 0.678. The molecule has 1 aromatic carbocycles. The van der Waals surface area contributed by atoms with Gasteiger partial charge >= 0.3 is 5.97 Å². The molecule has 1 spiro atoms. The Kier molecular flexibility index (Phi) is 4.33. The molecule has 4 rings (SSSR count). The molecule has 0 radical (unpaired) electrons. The van der Waals surface area contributed by atoms with Crippen molar-refractivity contribution in [3.63, 3.8) is 0 Å². The van der Waals surface area contributed by atoms with E-state index in [9.17, 15) is 4.79 Å². The zero-order chi connectivity index (χ0) is 19.9. The molecule has 10 nitrogen and oxygen atoms in total. The highest BCUT2D eigenvalue weighted by Gasteiger charge is 2.43. The second-order valence-corrected chi connectivity index (χ2v) is 6.92. The van der Waals surface area contributed by atoms with Crippen molar-refractivity contribution in [1.82, 2.24) is 10.2 Å². The van der Waals surface area contributed by atoms with Gasteiger partial charge in [-0.2, -0.15) is 10.1 Å². The smallest absolute Gasteiger partial charge is 0.356 e. The summed E-state index contributed by atoms with van der Waals surface area (Å²) in [6.45, 7) is 0. The number of nitrogens with one attached hydrogen (secondary N) is 1. The van der Waals surface area contributed by atoms with Crippen LogP contribution in [0.15, 0.2) is 22.1 Å². The molecule has 0 bridgehead atoms. The number of rotatable bonds is 3. The van der Waals surface area contributed by atoms with Crippen LogP contribution in [0, 0.1) is 0 Å². The molecule has 1 fully saturated rings. The number of carbonyl (C=O) groups excluding carboxylic acids is 1. The summed E-state index contributed by atoms with van der Waals surface area (Å²) in [6, 6.07) is 3.62. The van der Waals surface area contributed by atoms with Crippen LogP contribution in [0.4, 0.5) is 5.69 Å². The van der Waals surface area contributed by atoms with E-state index in [0.717, 1.165) is 32.1 Å². The number of ether oxygens (including phenoxy) is 2. The van der Waals surface area contributed by atoms with Gasteiger partial charge in [-0.15, -0.1) is 0 Å². The molecule has 28 heavy (non-hydrogen) atoms. The lowest BCUT2D eigenvalue weighted by atomic mass is 9.87. The molecule has 5 N–H and O–H groups in total. The molecule has 0 saturated heterocycles. The van der Waals surface area contributed by atoms with Gasteiger partial charge in [0.2, 0.25) is 11.9 Å². The van der Waals surface area contributed by atoms with Gasteiger partial charge in [-0.1, -0.05) is 6.42 Å². The zero-order valence-electron chi connectivity index (χ0n) is 15.9. The summed E-state index contributed by atoms with van der Waals surface area (Å²) in [6.07, 6.45) is 4.68. The molecule has 1 aliphatic carbocycles. The van der Waals surface area contributed by atoms with Gasteiger partial charge in [-0.3, -0.25) is 10.00 Å². The molecule has 0 atom stereocenters. The Labute approximate surface area is 161 Å². The van der Waals surface area contributed by atoms with Gasteiger partial charge in [0.05, 0.1) is 25.3 Å². The van der Waals surface area contributed by atoms with Crippen LogP contribution in [0.1, 0.15) is 42.6 Å². The number of nitrogens with two attached hydrogens (primary N) is 2. The number of carbonyl (C=O) groups is 1. The Morgan fingerprint density at radius 1 is 1.21 bits per heavy atom. The molecule has 148 valence electrons. The van der Waals surface area contributed by atoms with Crippen LogP contribution in [0.5, 0.6) is 5.75 Å². The number of methoxy groups -OCH3 is 2. The number of fused-ring (bicyclic) bond motifs is 1. The Morgan fingerprint density at radius 2 is 1.96 bits per heavy atom. The summed E-state index contributed by atoms with van der Waals surface area (Å²) in [5.41, 5.74) is 13.0. The third kappa shape index (κ3) is 2.63. The average Bonchev–Trinajstić information content (AvgIpc) is 3.13. The van der Waals surface area contributed by atoms with E-state index in [1.54, 1.807) is 13.2 Å². The predicted octanol–water partition coefficient (Wildman–Crippen LogP) is 1.47. The minimum Gasteiger partial charge on any atom is -0.494 e. The summed E-state index contributed by atoms with van der Waals surface area (Å²) in [5.74, 6) is 0.391. The fourth-order valence-corrected chi connectivity index (χ4v) is 4.16. The number of aromatic nitrogens is 2. The van der Waals surface area contributed by atoms with Crippen molar-refractivity contribution in [2.45, 2.75) is 37.8 Å². The fraction of sp³-hybridized carbons (Fsp3) is 0.444. The molecular weight excluding hydrogens is 362 g/mol. The zero-order valence-corrected chi connectivity index (χ0v) is 15.9. The third-order valence-corrected chi connectivity index (χ3v) is 5.35. The highest BCUT2D eigenvalue weighted by atomic mass is 16.5. The Balaban J connectivity index is 1.98. The number of hydrogen-bond acceptors (Lipinski definition) is 9. The van der Waals surface area contributed by atoms with Gasteiger partial charge in [0.15, 0.2) is 5.69 Å². The summed E-state index contributed by atoms with van der Waals surface area (Å²) in [4.78, 5) is 23.1. The molecule has 1 aliphatic heterocycles. The number of aromatic amines is 1. The van der Waals surface area contributed by atoms with Gasteiger partial charge in [0.25, 0.3) is 0 Å². The second kappa shape index (κ2) is 6.70. The first-order valence-corrected chi connectivity index (χ1v) is 9.14. The summed E-state index contributed by atoms with van der Waals surface area (Å²) in [7, 11) is 2.87. The van der Waals surface area contributed by atoms with E-state index >= 15 is 0 Å². The van der Waals surface area contributed by atoms with Gasteiger partial charge in [-0.05, 0) is 37.8 Å². The highest BCUT2D eigenvalue weighted by Crippen LogP contribution is 2.43. The van der Waals surface area contributed by atoms with Crippen LogP contribution in [0.2, 0.25) is 0 Å². The normalized spacial score (nSPS) is 18.7. The second-order valence-electron chi connectivity index (χ2n) is 6.92. The average molecular weight is 385 g/mol. The van der Waals surface area contributed by atoms with Crippen molar-refractivity contribution in [2.24, 2.45) is 21.5 Å². The van der Waals surface area contributed by atoms with E-state index in [0.29, 0.717) is 22.3 Å². The fourth-order valence-electron chi connectivity index (χ4n) is 4.16. The van der Waals surface area contributed by atoms with Crippen LogP contribution in [-0.4, -0.2) is 48.0 Å². The lowest BCUT2D eigenvalue weighted by Crippen LogP contribution is -2.58. The summed E-state index contributed by atoms with van der Waals surface area (Å²) >= 11 is 0. The first-order chi connectivity index (χ1) is 13.5. The molecule has 2 aliphatic rings. The number of benzene rings is 1. The number of nitrogens with zero attached hydrogens (tertiary/aromatic N) is 4. The minimum absolute atomic E-state index is 0.167. The maximum absolute atomic E-state index is 12.4. The van der Waals surface area contributed by atoms with Crippen molar-refractivity contribution in [2.75, 3.05) is 19.1 Å². The number of aliphatic imine (C=N–C) groups is 2. The van der Waals surface area contributed by atoms with Gasteiger partial charge in [-0.25, -0.2) is 9.79 Å². The van der Waals surface area contributed by atoms with E-state index in [-0.39, 0.29) is 17.6 Å². The van der Waals surface area contributed by atoms with Crippen LogP contribution in [0.25, 0.3) is 10.9 Å². The van der Waals surface area contributed by atoms with Crippen LogP contribution in [-0.2, 0) is 4.74 Å². The largest absolute Gasteiger partial charge is 0.494 e. The number of H-pyrrole nitrogens is 1. The number of hydrogen-bond donors (Lipinski definition) is 3. The molecule has 1 aromatic heterocycles. The highest BCUT2D eigenvalue weighted by molar-refractivity contribution is 6.15. The molecule has 1 saturated carbocycles. The van der Waals surface area contributed by atoms with E-state index in [1.165, 1.54) is 7.11 Å². The number of anilines is 1. The summed E-state index contributed by atoms with van der Waals surface area (Å²) < 4.78 is 10.3.